The van der Waals surface area contributed by atoms with Crippen LogP contribution in [0.15, 0.2) is 0 Å². The molecule has 0 bridgehead atoms. The third-order valence-corrected chi connectivity index (χ3v) is 0.886. The van der Waals surface area contributed by atoms with E-state index >= 15 is 0 Å². The molecule has 5 heteroatoms. The Morgan fingerprint density at radius 2 is 2.36 bits per heavy atom. The van der Waals surface area contributed by atoms with Crippen molar-refractivity contribution < 1.29 is 14.3 Å². The predicted octanol–water partition coefficient (Wildman–Crippen LogP) is -1.72. The first-order valence-corrected chi connectivity index (χ1v) is 3.29. The summed E-state index contributed by atoms with van der Waals surface area (Å²) in [5.41, 5.74) is 5.12. The second kappa shape index (κ2) is 7.17. The van der Waals surface area contributed by atoms with Crippen LogP contribution in [0, 0.1) is 0 Å². The quantitative estimate of drug-likeness (QED) is 0.357. The molecule has 0 rings (SSSR count). The monoisotopic (exact) mass is 160 g/mol. The van der Waals surface area contributed by atoms with E-state index in [1.54, 1.807) is 0 Å². The molecule has 0 aromatic heterocycles. The number of carbonyl (C=O) groups excluding carboxylic acids is 2. The maximum atomic E-state index is 10.7. The summed E-state index contributed by atoms with van der Waals surface area (Å²) in [7, 11) is 0. The second-order valence-corrected chi connectivity index (χ2v) is 1.82. The lowest BCUT2D eigenvalue weighted by molar-refractivity contribution is -0.126. The largest absolute Gasteiger partial charge is 0.364 e. The minimum absolute atomic E-state index is 0.0456. The van der Waals surface area contributed by atoms with Gasteiger partial charge in [0.1, 0.15) is 19.5 Å². The first kappa shape index (κ1) is 10.1. The maximum absolute atomic E-state index is 10.7. The molecule has 0 aliphatic carbocycles. The summed E-state index contributed by atoms with van der Waals surface area (Å²) < 4.78 is 4.62. The Bertz CT molecular complexity index is 127. The molecular weight excluding hydrogens is 148 g/mol. The molecule has 0 aromatic carbocycles. The van der Waals surface area contributed by atoms with E-state index in [2.05, 4.69) is 10.1 Å². The van der Waals surface area contributed by atoms with Crippen molar-refractivity contribution in [3.05, 3.63) is 0 Å². The average molecular weight is 160 g/mol. The number of amides is 1. The number of carbonyl (C=O) groups is 2. The summed E-state index contributed by atoms with van der Waals surface area (Å²) in [5, 5.41) is 2.49. The van der Waals surface area contributed by atoms with Gasteiger partial charge in [0.15, 0.2) is 0 Å². The van der Waals surface area contributed by atoms with Crippen molar-refractivity contribution >= 4 is 12.2 Å². The fourth-order valence-electron chi connectivity index (χ4n) is 0.462. The molecule has 0 fully saturated rings. The molecule has 0 heterocycles. The minimum atomic E-state index is -0.252. The van der Waals surface area contributed by atoms with Crippen LogP contribution >= 0.6 is 0 Å². The van der Waals surface area contributed by atoms with Gasteiger partial charge in [-0.25, -0.2) is 0 Å². The van der Waals surface area contributed by atoms with Crippen molar-refractivity contribution in [2.45, 2.75) is 0 Å². The first-order valence-electron chi connectivity index (χ1n) is 3.29. The molecular formula is C6H12N2O3. The van der Waals surface area contributed by atoms with Crippen LogP contribution in [0.2, 0.25) is 0 Å². The van der Waals surface area contributed by atoms with Crippen molar-refractivity contribution in [2.75, 3.05) is 26.3 Å². The van der Waals surface area contributed by atoms with Gasteiger partial charge in [-0.1, -0.05) is 0 Å². The van der Waals surface area contributed by atoms with E-state index in [-0.39, 0.29) is 19.1 Å². The summed E-state index contributed by atoms with van der Waals surface area (Å²) in [6, 6.07) is 0. The van der Waals surface area contributed by atoms with E-state index < -0.39 is 0 Å². The van der Waals surface area contributed by atoms with E-state index in [0.29, 0.717) is 19.4 Å². The minimum Gasteiger partial charge on any atom is -0.364 e. The van der Waals surface area contributed by atoms with Crippen molar-refractivity contribution in [1.29, 1.82) is 0 Å². The molecule has 0 aliphatic rings. The number of hydrogen-bond acceptors (Lipinski definition) is 4. The van der Waals surface area contributed by atoms with Gasteiger partial charge < -0.3 is 20.6 Å². The van der Waals surface area contributed by atoms with Gasteiger partial charge in [-0.3, -0.25) is 4.79 Å². The zero-order valence-corrected chi connectivity index (χ0v) is 6.21. The Morgan fingerprint density at radius 1 is 1.64 bits per heavy atom. The molecule has 64 valence electrons. The Labute approximate surface area is 64.9 Å². The third-order valence-electron chi connectivity index (χ3n) is 0.886. The van der Waals surface area contributed by atoms with E-state index in [1.165, 1.54) is 0 Å². The lowest BCUT2D eigenvalue weighted by Gasteiger charge is -2.01. The van der Waals surface area contributed by atoms with Gasteiger partial charge >= 0.3 is 0 Å². The van der Waals surface area contributed by atoms with Gasteiger partial charge in [0.25, 0.3) is 0 Å². The van der Waals surface area contributed by atoms with Crippen LogP contribution in [0.4, 0.5) is 0 Å². The van der Waals surface area contributed by atoms with Crippen LogP contribution in [-0.4, -0.2) is 38.5 Å². The number of nitrogens with one attached hydrogen (secondary N) is 1. The molecule has 0 atom stereocenters. The smallest absolute Gasteiger partial charge is 0.246 e. The van der Waals surface area contributed by atoms with Crippen molar-refractivity contribution in [2.24, 2.45) is 5.73 Å². The molecule has 1 amide bonds. The van der Waals surface area contributed by atoms with Gasteiger partial charge in [-0.2, -0.15) is 0 Å². The SMILES string of the molecule is NCCNC(=O)COCC=O. The molecule has 0 saturated heterocycles. The lowest BCUT2D eigenvalue weighted by Crippen LogP contribution is -2.32. The lowest BCUT2D eigenvalue weighted by atomic mass is 10.5. The maximum Gasteiger partial charge on any atom is 0.246 e. The van der Waals surface area contributed by atoms with E-state index in [9.17, 15) is 9.59 Å². The summed E-state index contributed by atoms with van der Waals surface area (Å²) in [6.07, 6.45) is 0.593. The highest BCUT2D eigenvalue weighted by Gasteiger charge is 1.97. The highest BCUT2D eigenvalue weighted by atomic mass is 16.5. The van der Waals surface area contributed by atoms with E-state index in [4.69, 9.17) is 5.73 Å². The van der Waals surface area contributed by atoms with Crippen LogP contribution in [0.1, 0.15) is 0 Å². The van der Waals surface area contributed by atoms with E-state index in [0.717, 1.165) is 0 Å². The molecule has 3 N–H and O–H groups in total. The van der Waals surface area contributed by atoms with Gasteiger partial charge in [0, 0.05) is 13.1 Å². The highest BCUT2D eigenvalue weighted by molar-refractivity contribution is 5.77. The summed E-state index contributed by atoms with van der Waals surface area (Å²) in [6.45, 7) is 0.706. The van der Waals surface area contributed by atoms with E-state index in [1.807, 2.05) is 0 Å². The number of aldehydes is 1. The van der Waals surface area contributed by atoms with Crippen LogP contribution in [0.25, 0.3) is 0 Å². The molecule has 0 spiro atoms. The Morgan fingerprint density at radius 3 is 2.91 bits per heavy atom. The summed E-state index contributed by atoms with van der Waals surface area (Å²) in [5.74, 6) is -0.252. The Kier molecular flexibility index (Phi) is 6.56. The molecule has 11 heavy (non-hydrogen) atoms. The summed E-state index contributed by atoms with van der Waals surface area (Å²) >= 11 is 0. The zero-order chi connectivity index (χ0) is 8.53. The average Bonchev–Trinajstić information content (AvgIpc) is 2.01. The molecule has 0 radical (unpaired) electrons. The fraction of sp³-hybridized carbons (Fsp3) is 0.667. The van der Waals surface area contributed by atoms with Crippen LogP contribution in [0.3, 0.4) is 0 Å². The third kappa shape index (κ3) is 6.95. The Balaban J connectivity index is 3.15. The standard InChI is InChI=1S/C6H12N2O3/c7-1-2-8-6(10)5-11-4-3-9/h3H,1-2,4-5,7H2,(H,8,10). The van der Waals surface area contributed by atoms with Crippen LogP contribution < -0.4 is 11.1 Å². The number of ether oxygens (including phenoxy) is 1. The molecule has 5 nitrogen and oxygen atoms in total. The van der Waals surface area contributed by atoms with Crippen molar-refractivity contribution in [3.8, 4) is 0 Å². The highest BCUT2D eigenvalue weighted by Crippen LogP contribution is 1.71. The fourth-order valence-corrected chi connectivity index (χ4v) is 0.462. The Hall–Kier alpha value is -0.940. The van der Waals surface area contributed by atoms with Gasteiger partial charge in [-0.05, 0) is 0 Å². The van der Waals surface area contributed by atoms with Gasteiger partial charge in [0.2, 0.25) is 5.91 Å². The topological polar surface area (TPSA) is 81.4 Å². The zero-order valence-electron chi connectivity index (χ0n) is 6.21. The number of rotatable bonds is 6. The predicted molar refractivity (Wildman–Crippen MR) is 38.9 cm³/mol. The molecule has 0 aliphatic heterocycles. The van der Waals surface area contributed by atoms with Crippen molar-refractivity contribution in [1.82, 2.24) is 5.32 Å². The van der Waals surface area contributed by atoms with Gasteiger partial charge in [0.05, 0.1) is 0 Å². The normalized spacial score (nSPS) is 9.18. The molecule has 0 unspecified atom stereocenters. The van der Waals surface area contributed by atoms with Crippen molar-refractivity contribution in [3.63, 3.8) is 0 Å². The first-order chi connectivity index (χ1) is 5.31. The second-order valence-electron chi connectivity index (χ2n) is 1.82. The molecule has 0 aromatic rings. The number of hydrogen-bond donors (Lipinski definition) is 2. The van der Waals surface area contributed by atoms with Gasteiger partial charge in [-0.15, -0.1) is 0 Å². The molecule has 0 saturated carbocycles. The van der Waals surface area contributed by atoms with Crippen LogP contribution in [0.5, 0.6) is 0 Å². The van der Waals surface area contributed by atoms with Crippen LogP contribution in [-0.2, 0) is 14.3 Å². The number of nitrogens with two attached hydrogens (primary N) is 1. The summed E-state index contributed by atoms with van der Waals surface area (Å²) in [4.78, 5) is 20.4.